The Morgan fingerprint density at radius 2 is 2.06 bits per heavy atom. The van der Waals surface area contributed by atoms with Crippen LogP contribution in [0.2, 0.25) is 0 Å². The van der Waals surface area contributed by atoms with Crippen LogP contribution in [0, 0.1) is 12.3 Å². The lowest BCUT2D eigenvalue weighted by Gasteiger charge is -2.09. The van der Waals surface area contributed by atoms with Gasteiger partial charge in [-0.2, -0.15) is 0 Å². The number of unbranched alkanes of at least 4 members (excludes halogenated alkanes) is 1. The first kappa shape index (κ1) is 15.4. The molecule has 96 valence electrons. The number of hydrogen-bond acceptors (Lipinski definition) is 4. The highest BCUT2D eigenvalue weighted by atomic mass is 16.4. The van der Waals surface area contributed by atoms with Crippen molar-refractivity contribution in [3.63, 3.8) is 0 Å². The lowest BCUT2D eigenvalue weighted by Crippen LogP contribution is -2.35. The number of nitrogens with one attached hydrogen (secondary N) is 1. The first-order chi connectivity index (χ1) is 7.99. The monoisotopic (exact) mass is 242 g/mol. The molecule has 5 N–H and O–H groups in total. The molecule has 0 aromatic rings. The van der Waals surface area contributed by atoms with Crippen molar-refractivity contribution in [2.45, 2.75) is 37.8 Å². The van der Waals surface area contributed by atoms with E-state index < -0.39 is 24.0 Å². The molecule has 0 fully saturated rings. The zero-order valence-electron chi connectivity index (χ0n) is 9.56. The molecule has 0 bridgehead atoms. The fraction of sp³-hybridized carbons (Fsp3) is 0.636. The molecular formula is C11H18N2O4. The van der Waals surface area contributed by atoms with Gasteiger partial charge in [0.2, 0.25) is 5.91 Å². The van der Waals surface area contributed by atoms with E-state index in [1.165, 1.54) is 0 Å². The maximum atomic E-state index is 11.2. The molecule has 6 heteroatoms. The highest BCUT2D eigenvalue weighted by molar-refractivity contribution is 5.80. The maximum Gasteiger partial charge on any atom is 0.320 e. The van der Waals surface area contributed by atoms with Crippen molar-refractivity contribution < 1.29 is 19.8 Å². The highest BCUT2D eigenvalue weighted by Crippen LogP contribution is 1.98. The standard InChI is InChI=1S/C11H18N2O4/c1-2-5-9(14)10(15)13-7-4-3-6-8(12)11(16)17/h1,8-9,14H,3-7,12H2,(H,13,15)(H,16,17)/t8-,9?/m0/s1. The van der Waals surface area contributed by atoms with E-state index in [2.05, 4.69) is 11.2 Å². The van der Waals surface area contributed by atoms with Gasteiger partial charge in [0.15, 0.2) is 0 Å². The Bertz CT molecular complexity index is 298. The number of rotatable bonds is 8. The molecule has 6 nitrogen and oxygen atoms in total. The fourth-order valence-corrected chi connectivity index (χ4v) is 1.15. The molecule has 0 aliphatic carbocycles. The van der Waals surface area contributed by atoms with E-state index in [9.17, 15) is 14.7 Å². The predicted octanol–water partition coefficient (Wildman–Crippen LogP) is -0.931. The lowest BCUT2D eigenvalue weighted by atomic mass is 10.1. The van der Waals surface area contributed by atoms with Crippen molar-refractivity contribution in [2.75, 3.05) is 6.54 Å². The van der Waals surface area contributed by atoms with Crippen molar-refractivity contribution in [3.8, 4) is 12.3 Å². The fourth-order valence-electron chi connectivity index (χ4n) is 1.15. The van der Waals surface area contributed by atoms with Crippen LogP contribution in [0.4, 0.5) is 0 Å². The molecule has 0 aliphatic heterocycles. The van der Waals surface area contributed by atoms with Gasteiger partial charge < -0.3 is 21.3 Å². The zero-order valence-corrected chi connectivity index (χ0v) is 9.56. The van der Waals surface area contributed by atoms with Gasteiger partial charge in [-0.05, 0) is 19.3 Å². The second-order valence-corrected chi connectivity index (χ2v) is 3.66. The number of hydrogen-bond donors (Lipinski definition) is 4. The summed E-state index contributed by atoms with van der Waals surface area (Å²) >= 11 is 0. The average molecular weight is 242 g/mol. The van der Waals surface area contributed by atoms with Crippen LogP contribution in [-0.4, -0.2) is 40.8 Å². The molecule has 1 amide bonds. The number of aliphatic carboxylic acids is 1. The summed E-state index contributed by atoms with van der Waals surface area (Å²) in [5.74, 6) is 0.647. The Balaban J connectivity index is 3.55. The van der Waals surface area contributed by atoms with E-state index >= 15 is 0 Å². The van der Waals surface area contributed by atoms with Gasteiger partial charge in [-0.15, -0.1) is 12.3 Å². The van der Waals surface area contributed by atoms with Gasteiger partial charge in [0.05, 0.1) is 0 Å². The summed E-state index contributed by atoms with van der Waals surface area (Å²) in [6.45, 7) is 0.368. The van der Waals surface area contributed by atoms with Crippen LogP contribution in [0.3, 0.4) is 0 Å². The zero-order chi connectivity index (χ0) is 13.3. The number of aliphatic hydroxyl groups is 1. The number of nitrogens with two attached hydrogens (primary N) is 1. The minimum atomic E-state index is -1.18. The topological polar surface area (TPSA) is 113 Å². The number of aliphatic hydroxyl groups excluding tert-OH is 1. The summed E-state index contributed by atoms with van der Waals surface area (Å²) in [7, 11) is 0. The lowest BCUT2D eigenvalue weighted by molar-refractivity contribution is -0.138. The molecular weight excluding hydrogens is 224 g/mol. The quantitative estimate of drug-likeness (QED) is 0.324. The van der Waals surface area contributed by atoms with Crippen LogP contribution in [0.25, 0.3) is 0 Å². The molecule has 0 aliphatic rings. The third-order valence-electron chi connectivity index (χ3n) is 2.17. The first-order valence-electron chi connectivity index (χ1n) is 5.36. The van der Waals surface area contributed by atoms with E-state index in [0.29, 0.717) is 25.8 Å². The molecule has 2 atom stereocenters. The maximum absolute atomic E-state index is 11.2. The number of carboxylic acids is 1. The van der Waals surface area contributed by atoms with E-state index in [1.54, 1.807) is 0 Å². The van der Waals surface area contributed by atoms with Crippen LogP contribution in [0.1, 0.15) is 25.7 Å². The summed E-state index contributed by atoms with van der Waals surface area (Å²) in [5.41, 5.74) is 5.30. The largest absolute Gasteiger partial charge is 0.480 e. The highest BCUT2D eigenvalue weighted by Gasteiger charge is 2.13. The average Bonchev–Trinajstić information content (AvgIpc) is 2.28. The van der Waals surface area contributed by atoms with Gasteiger partial charge in [0.1, 0.15) is 12.1 Å². The Morgan fingerprint density at radius 1 is 1.41 bits per heavy atom. The van der Waals surface area contributed by atoms with Gasteiger partial charge in [-0.25, -0.2) is 0 Å². The second-order valence-electron chi connectivity index (χ2n) is 3.66. The molecule has 0 rings (SSSR count). The Labute approximate surface area is 100 Å². The molecule has 17 heavy (non-hydrogen) atoms. The molecule has 0 saturated heterocycles. The van der Waals surface area contributed by atoms with Crippen LogP contribution < -0.4 is 11.1 Å². The van der Waals surface area contributed by atoms with Gasteiger partial charge in [-0.1, -0.05) is 0 Å². The summed E-state index contributed by atoms with van der Waals surface area (Å²) in [6, 6.07) is -0.863. The van der Waals surface area contributed by atoms with Crippen molar-refractivity contribution >= 4 is 11.9 Å². The van der Waals surface area contributed by atoms with E-state index in [1.807, 2.05) is 0 Å². The van der Waals surface area contributed by atoms with Crippen LogP contribution in [0.5, 0.6) is 0 Å². The SMILES string of the molecule is C#CCC(O)C(=O)NCCCC[C@H](N)C(=O)O. The van der Waals surface area contributed by atoms with E-state index in [0.717, 1.165) is 0 Å². The third kappa shape index (κ3) is 7.33. The summed E-state index contributed by atoms with van der Waals surface area (Å²) < 4.78 is 0. The van der Waals surface area contributed by atoms with Crippen LogP contribution in [0.15, 0.2) is 0 Å². The molecule has 0 aromatic carbocycles. The van der Waals surface area contributed by atoms with E-state index in [4.69, 9.17) is 17.3 Å². The van der Waals surface area contributed by atoms with Crippen molar-refractivity contribution in [1.82, 2.24) is 5.32 Å². The van der Waals surface area contributed by atoms with Gasteiger partial charge in [0.25, 0.3) is 0 Å². The van der Waals surface area contributed by atoms with Crippen molar-refractivity contribution in [2.24, 2.45) is 5.73 Å². The summed E-state index contributed by atoms with van der Waals surface area (Å²) in [6.07, 6.45) is 5.31. The number of carboxylic acid groups (broad SMARTS) is 1. The van der Waals surface area contributed by atoms with Gasteiger partial charge in [-0.3, -0.25) is 9.59 Å². The minimum Gasteiger partial charge on any atom is -0.480 e. The summed E-state index contributed by atoms with van der Waals surface area (Å²) in [4.78, 5) is 21.5. The molecule has 0 aromatic heterocycles. The third-order valence-corrected chi connectivity index (χ3v) is 2.17. The Kier molecular flexibility index (Phi) is 7.76. The number of carbonyl (C=O) groups is 2. The van der Waals surface area contributed by atoms with Crippen LogP contribution in [-0.2, 0) is 9.59 Å². The Hall–Kier alpha value is -1.58. The molecule has 0 heterocycles. The smallest absolute Gasteiger partial charge is 0.320 e. The van der Waals surface area contributed by atoms with Crippen molar-refractivity contribution in [1.29, 1.82) is 0 Å². The predicted molar refractivity (Wildman–Crippen MR) is 61.9 cm³/mol. The molecule has 0 saturated carbocycles. The number of carbonyl (C=O) groups excluding carboxylic acids is 1. The molecule has 0 radical (unpaired) electrons. The molecule has 0 spiro atoms. The number of amides is 1. The van der Waals surface area contributed by atoms with Crippen molar-refractivity contribution in [3.05, 3.63) is 0 Å². The minimum absolute atomic E-state index is 0.0181. The van der Waals surface area contributed by atoms with Crippen LogP contribution >= 0.6 is 0 Å². The second kappa shape index (κ2) is 8.56. The molecule has 1 unspecified atom stereocenters. The normalized spacial score (nSPS) is 13.5. The number of terminal acetylenes is 1. The first-order valence-corrected chi connectivity index (χ1v) is 5.36. The van der Waals surface area contributed by atoms with E-state index in [-0.39, 0.29) is 6.42 Å². The Morgan fingerprint density at radius 3 is 2.59 bits per heavy atom. The summed E-state index contributed by atoms with van der Waals surface area (Å²) in [5, 5.41) is 20.2. The van der Waals surface area contributed by atoms with Gasteiger partial charge in [0, 0.05) is 13.0 Å². The van der Waals surface area contributed by atoms with Gasteiger partial charge >= 0.3 is 5.97 Å².